The highest BCUT2D eigenvalue weighted by molar-refractivity contribution is 9.09. The first-order chi connectivity index (χ1) is 15.4. The molecule has 0 bridgehead atoms. The number of halogens is 1. The maximum atomic E-state index is 3.98. The van der Waals surface area contributed by atoms with Gasteiger partial charge in [-0.15, -0.1) is 0 Å². The van der Waals surface area contributed by atoms with Gasteiger partial charge >= 0.3 is 0 Å². The molecule has 0 aromatic heterocycles. The minimum absolute atomic E-state index is 0.517. The van der Waals surface area contributed by atoms with Gasteiger partial charge < -0.3 is 5.32 Å². The zero-order chi connectivity index (χ0) is 22.2. The van der Waals surface area contributed by atoms with Crippen molar-refractivity contribution < 1.29 is 0 Å². The summed E-state index contributed by atoms with van der Waals surface area (Å²) in [6, 6.07) is 19.4. The van der Waals surface area contributed by atoms with Crippen LogP contribution in [0.4, 0.5) is 0 Å². The molecule has 2 saturated carbocycles. The largest absolute Gasteiger partial charge is 0.302 e. The molecule has 1 nitrogen and oxygen atoms in total. The highest BCUT2D eigenvalue weighted by atomic mass is 79.9. The summed E-state index contributed by atoms with van der Waals surface area (Å²) in [6.07, 6.45) is 5.56. The van der Waals surface area contributed by atoms with Crippen LogP contribution in [0, 0.1) is 29.6 Å². The Bertz CT molecular complexity index is 970. The Morgan fingerprint density at radius 3 is 2.09 bits per heavy atom. The number of hydrogen-bond acceptors (Lipinski definition) is 1. The molecule has 0 radical (unpaired) electrons. The standard InChI is InChI=1S/C29H38BrNSi/c1-17-15-24-18(2)19-13-14-27(30)31-26(19)16-25(24)28(17)32(3,4)29-22-11-7-5-9-20(22)21-10-6-8-12-23(21)29/h5-12,17-19,24-29,31H,13-16H2,1-4H3. The smallest absolute Gasteiger partial charge is 0.0640 e. The van der Waals surface area contributed by atoms with Gasteiger partial charge in [0.15, 0.2) is 0 Å². The van der Waals surface area contributed by atoms with Crippen molar-refractivity contribution in [3.05, 3.63) is 59.7 Å². The normalized spacial score (nSPS) is 38.7. The van der Waals surface area contributed by atoms with Crippen LogP contribution in [0.25, 0.3) is 11.1 Å². The molecule has 2 aromatic carbocycles. The van der Waals surface area contributed by atoms with Crippen LogP contribution in [0.15, 0.2) is 48.5 Å². The Hall–Kier alpha value is -0.903. The van der Waals surface area contributed by atoms with Gasteiger partial charge in [-0.2, -0.15) is 0 Å². The minimum atomic E-state index is -1.65. The first-order valence-corrected chi connectivity index (χ1v) is 17.0. The van der Waals surface area contributed by atoms with Crippen LogP contribution < -0.4 is 5.32 Å². The molecule has 1 heterocycles. The predicted molar refractivity (Wildman–Crippen MR) is 142 cm³/mol. The number of rotatable bonds is 2. The van der Waals surface area contributed by atoms with E-state index in [9.17, 15) is 0 Å². The summed E-state index contributed by atoms with van der Waals surface area (Å²) in [5, 5.41) is 3.98. The number of fused-ring (bicyclic) bond motifs is 5. The van der Waals surface area contributed by atoms with E-state index in [4.69, 9.17) is 0 Å². The van der Waals surface area contributed by atoms with E-state index in [0.717, 1.165) is 35.1 Å². The fourth-order valence-corrected chi connectivity index (χ4v) is 15.4. The second kappa shape index (κ2) is 7.82. The average Bonchev–Trinajstić information content (AvgIpc) is 3.29. The van der Waals surface area contributed by atoms with Crippen LogP contribution in [0.5, 0.6) is 0 Å². The van der Waals surface area contributed by atoms with Gasteiger partial charge in [-0.1, -0.05) is 91.4 Å². The van der Waals surface area contributed by atoms with Crippen LogP contribution in [-0.4, -0.2) is 19.1 Å². The fourth-order valence-electron chi connectivity index (χ4n) is 9.26. The molecule has 6 rings (SSSR count). The van der Waals surface area contributed by atoms with Gasteiger partial charge in [-0.3, -0.25) is 0 Å². The summed E-state index contributed by atoms with van der Waals surface area (Å²) < 4.78 is 0. The van der Waals surface area contributed by atoms with E-state index >= 15 is 0 Å². The van der Waals surface area contributed by atoms with Crippen molar-refractivity contribution in [3.63, 3.8) is 0 Å². The summed E-state index contributed by atoms with van der Waals surface area (Å²) in [5.74, 6) is 4.44. The predicted octanol–water partition coefficient (Wildman–Crippen LogP) is 7.82. The Morgan fingerprint density at radius 1 is 0.812 bits per heavy atom. The number of piperidine rings is 1. The van der Waals surface area contributed by atoms with E-state index in [0.29, 0.717) is 16.5 Å². The van der Waals surface area contributed by atoms with Gasteiger partial charge in [0.1, 0.15) is 0 Å². The van der Waals surface area contributed by atoms with Crippen LogP contribution in [0.1, 0.15) is 56.2 Å². The van der Waals surface area contributed by atoms with Gasteiger partial charge in [-0.05, 0) is 83.1 Å². The first kappa shape index (κ1) is 21.6. The number of alkyl halides is 1. The van der Waals surface area contributed by atoms with E-state index in [-0.39, 0.29) is 0 Å². The molecule has 3 heteroatoms. The van der Waals surface area contributed by atoms with Gasteiger partial charge in [0.2, 0.25) is 0 Å². The highest BCUT2D eigenvalue weighted by Gasteiger charge is 2.58. The minimum Gasteiger partial charge on any atom is -0.302 e. The maximum absolute atomic E-state index is 3.98. The van der Waals surface area contributed by atoms with Crippen LogP contribution in [-0.2, 0) is 0 Å². The van der Waals surface area contributed by atoms with Gasteiger partial charge in [-0.25, -0.2) is 0 Å². The summed E-state index contributed by atoms with van der Waals surface area (Å²) in [7, 11) is -1.65. The van der Waals surface area contributed by atoms with Gasteiger partial charge in [0.25, 0.3) is 0 Å². The number of hydrogen-bond donors (Lipinski definition) is 1. The third kappa shape index (κ3) is 3.10. The molecule has 1 saturated heterocycles. The molecule has 3 aliphatic carbocycles. The van der Waals surface area contributed by atoms with Gasteiger partial charge in [0, 0.05) is 11.6 Å². The van der Waals surface area contributed by atoms with E-state index in [1.807, 2.05) is 0 Å². The lowest BCUT2D eigenvalue weighted by atomic mass is 9.64. The fraction of sp³-hybridized carbons (Fsp3) is 0.586. The third-order valence-corrected chi connectivity index (χ3v) is 15.8. The topological polar surface area (TPSA) is 12.0 Å². The Kier molecular flexibility index (Phi) is 5.28. The summed E-state index contributed by atoms with van der Waals surface area (Å²) in [5.41, 5.74) is 7.79. The second-order valence-corrected chi connectivity index (χ2v) is 18.1. The number of nitrogens with one attached hydrogen (secondary N) is 1. The first-order valence-electron chi connectivity index (χ1n) is 13.0. The molecular formula is C29H38BrNSi. The van der Waals surface area contributed by atoms with Crippen LogP contribution in [0.3, 0.4) is 0 Å². The third-order valence-electron chi connectivity index (χ3n) is 10.2. The second-order valence-electron chi connectivity index (χ2n) is 12.1. The van der Waals surface area contributed by atoms with Crippen molar-refractivity contribution in [3.8, 4) is 11.1 Å². The molecule has 3 fully saturated rings. The van der Waals surface area contributed by atoms with Crippen LogP contribution >= 0.6 is 15.9 Å². The van der Waals surface area contributed by atoms with Crippen molar-refractivity contribution in [2.24, 2.45) is 29.6 Å². The van der Waals surface area contributed by atoms with E-state index in [1.165, 1.54) is 36.8 Å². The monoisotopic (exact) mass is 507 g/mol. The van der Waals surface area contributed by atoms with E-state index < -0.39 is 8.07 Å². The summed E-state index contributed by atoms with van der Waals surface area (Å²) in [4.78, 5) is 0.517. The van der Waals surface area contributed by atoms with Crippen molar-refractivity contribution in [2.75, 3.05) is 0 Å². The average molecular weight is 509 g/mol. The molecule has 8 atom stereocenters. The molecule has 2 aromatic rings. The zero-order valence-electron chi connectivity index (χ0n) is 20.0. The molecule has 1 aliphatic heterocycles. The van der Waals surface area contributed by atoms with Crippen molar-refractivity contribution in [1.29, 1.82) is 0 Å². The zero-order valence-corrected chi connectivity index (χ0v) is 22.6. The molecule has 8 unspecified atom stereocenters. The molecular weight excluding hydrogens is 470 g/mol. The summed E-state index contributed by atoms with van der Waals surface area (Å²) in [6.45, 7) is 10.7. The van der Waals surface area contributed by atoms with Crippen LogP contribution in [0.2, 0.25) is 18.6 Å². The highest BCUT2D eigenvalue weighted by Crippen LogP contribution is 2.63. The lowest BCUT2D eigenvalue weighted by Crippen LogP contribution is -2.54. The van der Waals surface area contributed by atoms with Crippen molar-refractivity contribution >= 4 is 24.0 Å². The molecule has 32 heavy (non-hydrogen) atoms. The Balaban J connectivity index is 1.40. The molecule has 4 aliphatic rings. The van der Waals surface area contributed by atoms with Crippen molar-refractivity contribution in [1.82, 2.24) is 5.32 Å². The summed E-state index contributed by atoms with van der Waals surface area (Å²) >= 11 is 3.90. The molecule has 1 N–H and O–H groups in total. The van der Waals surface area contributed by atoms with Gasteiger partial charge in [0.05, 0.1) is 13.0 Å². The quantitative estimate of drug-likeness (QED) is 0.248. The van der Waals surface area contributed by atoms with E-state index in [1.54, 1.807) is 11.1 Å². The molecule has 170 valence electrons. The lowest BCUT2D eigenvalue weighted by molar-refractivity contribution is 0.0597. The SMILES string of the molecule is CC1CC2C(C)C3CCC(Br)NC3CC2C1[Si](C)(C)C1c2ccccc2-c2ccccc21. The lowest BCUT2D eigenvalue weighted by Gasteiger charge is -2.51. The molecule has 0 amide bonds. The van der Waals surface area contributed by atoms with Crippen molar-refractivity contribution in [2.45, 2.75) is 74.7 Å². The molecule has 0 spiro atoms. The van der Waals surface area contributed by atoms with E-state index in [2.05, 4.69) is 96.7 Å². The Labute approximate surface area is 203 Å². The Morgan fingerprint density at radius 2 is 1.44 bits per heavy atom. The number of benzene rings is 2. The maximum Gasteiger partial charge on any atom is 0.0640 e.